The van der Waals surface area contributed by atoms with Crippen LogP contribution in [0.2, 0.25) is 5.28 Å². The number of ether oxygens (including phenoxy) is 1. The Kier molecular flexibility index (Phi) is 5.47. The van der Waals surface area contributed by atoms with Crippen molar-refractivity contribution in [1.82, 2.24) is 9.97 Å². The molecule has 23 heavy (non-hydrogen) atoms. The SMILES string of the molecule is CC.CCOC(=O)c1cnc(Cl)nc1NC12CCC(O)(CC1)C2. The van der Waals surface area contributed by atoms with Gasteiger partial charge in [0.15, 0.2) is 0 Å². The molecular weight excluding hydrogens is 318 g/mol. The zero-order valence-corrected chi connectivity index (χ0v) is 14.6. The van der Waals surface area contributed by atoms with Gasteiger partial charge in [-0.15, -0.1) is 0 Å². The maximum atomic E-state index is 12.0. The lowest BCUT2D eigenvalue weighted by Gasteiger charge is -2.29. The largest absolute Gasteiger partial charge is 0.462 e. The average molecular weight is 342 g/mol. The lowest BCUT2D eigenvalue weighted by atomic mass is 9.92. The molecule has 0 saturated heterocycles. The molecule has 6 nitrogen and oxygen atoms in total. The van der Waals surface area contributed by atoms with Gasteiger partial charge in [0, 0.05) is 11.7 Å². The third-order valence-corrected chi connectivity index (χ3v) is 4.63. The zero-order chi connectivity index (χ0) is 17.1. The maximum Gasteiger partial charge on any atom is 0.343 e. The summed E-state index contributed by atoms with van der Waals surface area (Å²) < 4.78 is 5.02. The van der Waals surface area contributed by atoms with Gasteiger partial charge in [-0.2, -0.15) is 4.98 Å². The van der Waals surface area contributed by atoms with Crippen molar-refractivity contribution in [2.24, 2.45) is 0 Å². The minimum absolute atomic E-state index is 0.0770. The molecule has 2 aliphatic carbocycles. The van der Waals surface area contributed by atoms with Gasteiger partial charge in [-0.05, 0) is 50.6 Å². The van der Waals surface area contributed by atoms with Gasteiger partial charge in [0.05, 0.1) is 12.2 Å². The highest BCUT2D eigenvalue weighted by Gasteiger charge is 2.53. The van der Waals surface area contributed by atoms with Crippen molar-refractivity contribution >= 4 is 23.4 Å². The third-order valence-electron chi connectivity index (χ3n) is 4.44. The standard InChI is InChI=1S/C14H18ClN3O3.C2H6/c1-2-21-11(19)9-7-16-12(15)17-10(9)18-13-3-5-14(20,8-13)6-4-13;1-2/h7,20H,2-6,8H2,1H3,(H,16,17,18);1-2H3. The molecule has 0 amide bonds. The van der Waals surface area contributed by atoms with Crippen molar-refractivity contribution in [2.75, 3.05) is 11.9 Å². The first-order chi connectivity index (χ1) is 11.0. The Labute approximate surface area is 141 Å². The van der Waals surface area contributed by atoms with Crippen molar-refractivity contribution < 1.29 is 14.6 Å². The molecule has 2 N–H and O–H groups in total. The van der Waals surface area contributed by atoms with Crippen LogP contribution in [0.3, 0.4) is 0 Å². The number of carbonyl (C=O) groups excluding carboxylic acids is 1. The van der Waals surface area contributed by atoms with E-state index in [1.165, 1.54) is 6.20 Å². The number of halogens is 1. The number of nitrogens with zero attached hydrogens (tertiary/aromatic N) is 2. The van der Waals surface area contributed by atoms with Crippen LogP contribution in [0.5, 0.6) is 0 Å². The molecule has 2 saturated carbocycles. The topological polar surface area (TPSA) is 84.3 Å². The van der Waals surface area contributed by atoms with E-state index in [1.54, 1.807) is 6.92 Å². The van der Waals surface area contributed by atoms with Crippen LogP contribution in [-0.4, -0.2) is 38.8 Å². The molecule has 0 unspecified atom stereocenters. The summed E-state index contributed by atoms with van der Waals surface area (Å²) in [6.45, 7) is 6.03. The number of aromatic nitrogens is 2. The summed E-state index contributed by atoms with van der Waals surface area (Å²) >= 11 is 5.85. The smallest absolute Gasteiger partial charge is 0.343 e. The van der Waals surface area contributed by atoms with Crippen molar-refractivity contribution in [3.8, 4) is 0 Å². The summed E-state index contributed by atoms with van der Waals surface area (Å²) in [5, 5.41) is 13.7. The first kappa shape index (κ1) is 17.9. The third kappa shape index (κ3) is 3.75. The predicted molar refractivity (Wildman–Crippen MR) is 88.7 cm³/mol. The minimum atomic E-state index is -0.575. The molecule has 2 bridgehead atoms. The Morgan fingerprint density at radius 2 is 2.04 bits per heavy atom. The highest BCUT2D eigenvalue weighted by Crippen LogP contribution is 2.52. The monoisotopic (exact) mass is 341 g/mol. The zero-order valence-electron chi connectivity index (χ0n) is 13.9. The average Bonchev–Trinajstić information content (AvgIpc) is 3.02. The number of anilines is 1. The maximum absolute atomic E-state index is 12.0. The van der Waals surface area contributed by atoms with Crippen molar-refractivity contribution in [1.29, 1.82) is 0 Å². The van der Waals surface area contributed by atoms with Gasteiger partial charge in [-0.25, -0.2) is 9.78 Å². The van der Waals surface area contributed by atoms with Gasteiger partial charge in [0.2, 0.25) is 5.28 Å². The van der Waals surface area contributed by atoms with Crippen LogP contribution in [0, 0.1) is 0 Å². The fourth-order valence-corrected chi connectivity index (χ4v) is 3.54. The van der Waals surface area contributed by atoms with Crippen LogP contribution < -0.4 is 5.32 Å². The van der Waals surface area contributed by atoms with Crippen LogP contribution in [0.15, 0.2) is 6.20 Å². The van der Waals surface area contributed by atoms with E-state index in [9.17, 15) is 9.90 Å². The van der Waals surface area contributed by atoms with Crippen LogP contribution >= 0.6 is 11.6 Å². The Balaban J connectivity index is 0.000000924. The van der Waals surface area contributed by atoms with Crippen LogP contribution in [-0.2, 0) is 4.74 Å². The van der Waals surface area contributed by atoms with Gasteiger partial charge in [0.1, 0.15) is 11.4 Å². The Morgan fingerprint density at radius 3 is 2.57 bits per heavy atom. The van der Waals surface area contributed by atoms with Gasteiger partial charge in [0.25, 0.3) is 0 Å². The Morgan fingerprint density at radius 1 is 1.39 bits per heavy atom. The second-order valence-electron chi connectivity index (χ2n) is 5.93. The van der Waals surface area contributed by atoms with Crippen molar-refractivity contribution in [2.45, 2.75) is 64.0 Å². The van der Waals surface area contributed by atoms with Crippen LogP contribution in [0.25, 0.3) is 0 Å². The normalized spacial score (nSPS) is 28.0. The van der Waals surface area contributed by atoms with Crippen molar-refractivity contribution in [3.63, 3.8) is 0 Å². The number of nitrogens with one attached hydrogen (secondary N) is 1. The predicted octanol–water partition coefficient (Wildman–Crippen LogP) is 3.19. The van der Waals surface area contributed by atoms with Gasteiger partial charge in [-0.3, -0.25) is 0 Å². The molecule has 1 heterocycles. The lowest BCUT2D eigenvalue weighted by molar-refractivity contribution is 0.0516. The molecule has 0 atom stereocenters. The van der Waals surface area contributed by atoms with E-state index in [2.05, 4.69) is 15.3 Å². The first-order valence-electron chi connectivity index (χ1n) is 8.16. The Hall–Kier alpha value is -1.40. The number of rotatable bonds is 4. The number of carbonyl (C=O) groups is 1. The van der Waals surface area contributed by atoms with E-state index in [-0.39, 0.29) is 23.0 Å². The summed E-state index contributed by atoms with van der Waals surface area (Å²) in [6.07, 6.45) is 5.30. The van der Waals surface area contributed by atoms with E-state index >= 15 is 0 Å². The fraction of sp³-hybridized carbons (Fsp3) is 0.688. The number of esters is 1. The van der Waals surface area contributed by atoms with E-state index in [0.717, 1.165) is 25.7 Å². The van der Waals surface area contributed by atoms with Gasteiger partial charge in [-0.1, -0.05) is 13.8 Å². The molecule has 0 aromatic carbocycles. The molecule has 0 radical (unpaired) electrons. The highest BCUT2D eigenvalue weighted by atomic mass is 35.5. The molecule has 2 fully saturated rings. The summed E-state index contributed by atoms with van der Waals surface area (Å²) in [5.74, 6) is -0.0843. The molecule has 1 aromatic heterocycles. The fourth-order valence-electron chi connectivity index (χ4n) is 3.41. The number of hydrogen-bond donors (Lipinski definition) is 2. The summed E-state index contributed by atoms with van der Waals surface area (Å²) in [5.41, 5.74) is -0.514. The number of fused-ring (bicyclic) bond motifs is 2. The van der Waals surface area contributed by atoms with Crippen LogP contribution in [0.4, 0.5) is 5.82 Å². The Bertz CT molecular complexity index is 572. The van der Waals surface area contributed by atoms with Crippen LogP contribution in [0.1, 0.15) is 63.2 Å². The second-order valence-corrected chi connectivity index (χ2v) is 6.27. The van der Waals surface area contributed by atoms with Gasteiger partial charge >= 0.3 is 5.97 Å². The van der Waals surface area contributed by atoms with E-state index < -0.39 is 11.6 Å². The molecule has 0 spiro atoms. The van der Waals surface area contributed by atoms with Crippen molar-refractivity contribution in [3.05, 3.63) is 17.0 Å². The molecule has 0 aliphatic heterocycles. The highest BCUT2D eigenvalue weighted by molar-refractivity contribution is 6.28. The molecule has 2 aliphatic rings. The quantitative estimate of drug-likeness (QED) is 0.646. The molecule has 3 rings (SSSR count). The summed E-state index contributed by atoms with van der Waals surface area (Å²) in [6, 6.07) is 0. The molecule has 7 heteroatoms. The molecular formula is C16H24ClN3O3. The minimum Gasteiger partial charge on any atom is -0.462 e. The van der Waals surface area contributed by atoms with E-state index in [1.807, 2.05) is 13.8 Å². The number of hydrogen-bond acceptors (Lipinski definition) is 6. The lowest BCUT2D eigenvalue weighted by Crippen LogP contribution is -2.34. The second kappa shape index (κ2) is 7.01. The summed E-state index contributed by atoms with van der Waals surface area (Å²) in [4.78, 5) is 20.0. The first-order valence-corrected chi connectivity index (χ1v) is 8.53. The van der Waals surface area contributed by atoms with E-state index in [0.29, 0.717) is 12.2 Å². The molecule has 1 aromatic rings. The van der Waals surface area contributed by atoms with Gasteiger partial charge < -0.3 is 15.2 Å². The molecule has 128 valence electrons. The van der Waals surface area contributed by atoms with E-state index in [4.69, 9.17) is 16.3 Å². The number of aliphatic hydroxyl groups is 1. The summed E-state index contributed by atoms with van der Waals surface area (Å²) in [7, 11) is 0.